The molecule has 86 valence electrons. The molecule has 0 aliphatic carbocycles. The van der Waals surface area contributed by atoms with Gasteiger partial charge in [-0.25, -0.2) is 4.79 Å². The van der Waals surface area contributed by atoms with E-state index < -0.39 is 0 Å². The van der Waals surface area contributed by atoms with Crippen LogP contribution in [0.3, 0.4) is 0 Å². The Hall–Kier alpha value is -1.37. The molecule has 1 saturated heterocycles. The summed E-state index contributed by atoms with van der Waals surface area (Å²) in [5, 5.41) is 15.3. The molecule has 0 radical (unpaired) electrons. The fraction of sp³-hybridized carbons (Fsp3) is 0.625. The van der Waals surface area contributed by atoms with E-state index in [9.17, 15) is 4.79 Å². The minimum Gasteiger partial charge on any atom is -0.303 e. The van der Waals surface area contributed by atoms with Crippen LogP contribution in [0.1, 0.15) is 0 Å². The quantitative estimate of drug-likeness (QED) is 0.495. The van der Waals surface area contributed by atoms with Gasteiger partial charge in [0.05, 0.1) is 5.41 Å². The highest BCUT2D eigenvalue weighted by Gasteiger charge is 2.18. The van der Waals surface area contributed by atoms with Gasteiger partial charge in [0.15, 0.2) is 0 Å². The van der Waals surface area contributed by atoms with Crippen molar-refractivity contribution in [1.82, 2.24) is 25.2 Å². The minimum atomic E-state index is 0.591. The van der Waals surface area contributed by atoms with Crippen LogP contribution >= 0.6 is 11.8 Å². The summed E-state index contributed by atoms with van der Waals surface area (Å²) in [6.07, 6.45) is 0. The highest BCUT2D eigenvalue weighted by molar-refractivity contribution is 8.02. The smallest absolute Gasteiger partial charge is 0.235 e. The second-order valence-electron chi connectivity index (χ2n) is 3.46. The van der Waals surface area contributed by atoms with Crippen molar-refractivity contribution >= 4 is 17.7 Å². The molecule has 1 aliphatic heterocycles. The monoisotopic (exact) mass is 240 g/mol. The summed E-state index contributed by atoms with van der Waals surface area (Å²) in [7, 11) is 2.09. The molecule has 0 amide bonds. The van der Waals surface area contributed by atoms with Gasteiger partial charge in [0.2, 0.25) is 5.16 Å². The molecule has 7 nitrogen and oxygen atoms in total. The Balaban J connectivity index is 2.08. The number of nitrogens with zero attached hydrogens (tertiary/aromatic N) is 6. The number of tetrazole rings is 1. The Kier molecular flexibility index (Phi) is 3.55. The molecule has 0 aromatic carbocycles. The first kappa shape index (κ1) is 11.1. The van der Waals surface area contributed by atoms with Gasteiger partial charge in [-0.3, -0.25) is 5.01 Å². The first-order chi connectivity index (χ1) is 7.81. The molecular formula is C8H12N6OS. The van der Waals surface area contributed by atoms with Gasteiger partial charge in [-0.1, -0.05) is 5.10 Å². The van der Waals surface area contributed by atoms with Crippen molar-refractivity contribution in [1.29, 1.82) is 0 Å². The second kappa shape index (κ2) is 5.11. The Morgan fingerprint density at radius 1 is 1.38 bits per heavy atom. The summed E-state index contributed by atoms with van der Waals surface area (Å²) >= 11 is 1.17. The van der Waals surface area contributed by atoms with Gasteiger partial charge < -0.3 is 4.90 Å². The lowest BCUT2D eigenvalue weighted by atomic mass is 10.4. The first-order valence-corrected chi connectivity index (χ1v) is 5.77. The lowest BCUT2D eigenvalue weighted by molar-refractivity contribution is 0.274. The third kappa shape index (κ3) is 2.41. The number of thioether (sulfide) groups is 1. The van der Waals surface area contributed by atoms with Gasteiger partial charge in [-0.05, 0) is 29.2 Å². The maximum atomic E-state index is 10.1. The maximum Gasteiger partial charge on any atom is 0.235 e. The minimum absolute atomic E-state index is 0.591. The Labute approximate surface area is 97.0 Å². The van der Waals surface area contributed by atoms with E-state index in [0.29, 0.717) is 5.16 Å². The van der Waals surface area contributed by atoms with E-state index in [2.05, 4.69) is 32.5 Å². The van der Waals surface area contributed by atoms with Gasteiger partial charge in [0.1, 0.15) is 5.94 Å². The van der Waals surface area contributed by atoms with Crippen molar-refractivity contribution in [3.8, 4) is 0 Å². The SMILES string of the molecule is CN1CCN(n2nnnc2SC=C=O)CC1. The van der Waals surface area contributed by atoms with E-state index in [1.165, 1.54) is 17.2 Å². The molecule has 8 heteroatoms. The Morgan fingerprint density at radius 2 is 2.12 bits per heavy atom. The molecule has 0 N–H and O–H groups in total. The summed E-state index contributed by atoms with van der Waals surface area (Å²) < 4.78 is 0. The van der Waals surface area contributed by atoms with Crippen molar-refractivity contribution in [3.63, 3.8) is 0 Å². The largest absolute Gasteiger partial charge is 0.303 e. The number of carbonyl (C=O) groups excluding carboxylic acids is 1. The molecule has 1 aromatic rings. The Morgan fingerprint density at radius 3 is 2.81 bits per heavy atom. The van der Waals surface area contributed by atoms with Crippen LogP contribution in [-0.2, 0) is 4.79 Å². The van der Waals surface area contributed by atoms with E-state index in [4.69, 9.17) is 0 Å². The molecule has 2 rings (SSSR count). The summed E-state index contributed by atoms with van der Waals surface area (Å²) in [6.45, 7) is 3.71. The molecular weight excluding hydrogens is 228 g/mol. The fourth-order valence-corrected chi connectivity index (χ4v) is 1.97. The zero-order valence-corrected chi connectivity index (χ0v) is 9.72. The highest BCUT2D eigenvalue weighted by atomic mass is 32.2. The standard InChI is InChI=1S/C8H12N6OS/c1-12-2-4-13(5-3-12)14-8(9-10-11-14)16-7-6-15/h7H,2-5H2,1H3. The molecule has 1 fully saturated rings. The van der Waals surface area contributed by atoms with E-state index in [-0.39, 0.29) is 0 Å². The first-order valence-electron chi connectivity index (χ1n) is 4.89. The van der Waals surface area contributed by atoms with Crippen LogP contribution in [0.15, 0.2) is 10.6 Å². The van der Waals surface area contributed by atoms with E-state index in [1.54, 1.807) is 10.7 Å². The van der Waals surface area contributed by atoms with Crippen LogP contribution in [-0.4, -0.2) is 64.4 Å². The molecule has 16 heavy (non-hydrogen) atoms. The van der Waals surface area contributed by atoms with E-state index >= 15 is 0 Å². The maximum absolute atomic E-state index is 10.1. The zero-order chi connectivity index (χ0) is 11.4. The molecule has 1 aromatic heterocycles. The van der Waals surface area contributed by atoms with Crippen LogP contribution < -0.4 is 5.01 Å². The third-order valence-electron chi connectivity index (χ3n) is 2.39. The van der Waals surface area contributed by atoms with Gasteiger partial charge in [-0.2, -0.15) is 0 Å². The summed E-state index contributed by atoms with van der Waals surface area (Å²) in [5.74, 6) is 1.70. The molecule has 0 bridgehead atoms. The van der Waals surface area contributed by atoms with Crippen LogP contribution in [0, 0.1) is 0 Å². The predicted molar refractivity (Wildman–Crippen MR) is 59.4 cm³/mol. The molecule has 1 aliphatic rings. The number of hydrogen-bond donors (Lipinski definition) is 0. The lowest BCUT2D eigenvalue weighted by Crippen LogP contribution is -2.50. The van der Waals surface area contributed by atoms with Crippen LogP contribution in [0.2, 0.25) is 0 Å². The molecule has 0 unspecified atom stereocenters. The summed E-state index contributed by atoms with van der Waals surface area (Å²) in [5.41, 5.74) is 0. The van der Waals surface area contributed by atoms with Gasteiger partial charge in [0.25, 0.3) is 0 Å². The number of rotatable bonds is 3. The normalized spacial score (nSPS) is 17.2. The van der Waals surface area contributed by atoms with Crippen molar-refractivity contribution < 1.29 is 4.79 Å². The zero-order valence-electron chi connectivity index (χ0n) is 8.91. The third-order valence-corrected chi connectivity index (χ3v) is 3.06. The topological polar surface area (TPSA) is 67.2 Å². The number of aromatic nitrogens is 4. The van der Waals surface area contributed by atoms with Crippen LogP contribution in [0.5, 0.6) is 0 Å². The van der Waals surface area contributed by atoms with Crippen molar-refractivity contribution in [2.24, 2.45) is 0 Å². The molecule has 0 spiro atoms. The predicted octanol–water partition coefficient (Wildman–Crippen LogP) is -1.01. The average molecular weight is 240 g/mol. The highest BCUT2D eigenvalue weighted by Crippen LogP contribution is 2.14. The molecule has 0 atom stereocenters. The summed E-state index contributed by atoms with van der Waals surface area (Å²) in [6, 6.07) is 0. The Bertz CT molecular complexity index is 393. The van der Waals surface area contributed by atoms with E-state index in [0.717, 1.165) is 26.2 Å². The fourth-order valence-electron chi connectivity index (χ4n) is 1.48. The second-order valence-corrected chi connectivity index (χ2v) is 4.30. The lowest BCUT2D eigenvalue weighted by Gasteiger charge is -2.33. The van der Waals surface area contributed by atoms with Crippen LogP contribution in [0.25, 0.3) is 0 Å². The van der Waals surface area contributed by atoms with Gasteiger partial charge in [-0.15, -0.1) is 4.79 Å². The number of piperazine rings is 1. The van der Waals surface area contributed by atoms with Crippen molar-refractivity contribution in [2.45, 2.75) is 5.16 Å². The molecule has 0 saturated carbocycles. The van der Waals surface area contributed by atoms with E-state index in [1.807, 2.05) is 0 Å². The average Bonchev–Trinajstić information content (AvgIpc) is 2.75. The van der Waals surface area contributed by atoms with Crippen molar-refractivity contribution in [3.05, 3.63) is 5.41 Å². The molecule has 2 heterocycles. The van der Waals surface area contributed by atoms with Crippen molar-refractivity contribution in [2.75, 3.05) is 38.2 Å². The van der Waals surface area contributed by atoms with Crippen LogP contribution in [0.4, 0.5) is 0 Å². The summed E-state index contributed by atoms with van der Waals surface area (Å²) in [4.78, 5) is 14.0. The number of likely N-dealkylation sites (N-methyl/N-ethyl adjacent to an activating group) is 1. The van der Waals surface area contributed by atoms with Gasteiger partial charge in [0, 0.05) is 26.2 Å². The number of hydrogen-bond acceptors (Lipinski definition) is 7. The van der Waals surface area contributed by atoms with Gasteiger partial charge >= 0.3 is 0 Å².